The van der Waals surface area contributed by atoms with Crippen LogP contribution in [0.2, 0.25) is 0 Å². The number of halogens is 2. The van der Waals surface area contributed by atoms with Crippen molar-refractivity contribution in [3.63, 3.8) is 0 Å². The zero-order valence-electron chi connectivity index (χ0n) is 86.5. The maximum absolute atomic E-state index is 13.7. The number of ether oxygens (including phenoxy) is 10. The average Bonchev–Trinajstić information content (AvgIpc) is 0.758. The number of aromatic nitrogens is 2. The summed E-state index contributed by atoms with van der Waals surface area (Å²) in [7, 11) is 3.23. The molecule has 5 N–H and O–H groups in total. The quantitative estimate of drug-likeness (QED) is 0.0179. The molecule has 0 aliphatic carbocycles. The Balaban J connectivity index is 0.735. The molecular formula is C114H186Br2N7O16. The predicted molar refractivity (Wildman–Crippen MR) is 574 cm³/mol. The van der Waals surface area contributed by atoms with Crippen molar-refractivity contribution in [1.29, 1.82) is 0 Å². The van der Waals surface area contributed by atoms with Crippen LogP contribution in [0.1, 0.15) is 382 Å². The first-order valence-electron chi connectivity index (χ1n) is 54.7. The van der Waals surface area contributed by atoms with Crippen molar-refractivity contribution < 1.29 is 66.5 Å². The number of rotatable bonds is 97. The lowest BCUT2D eigenvalue weighted by Crippen LogP contribution is -2.46. The van der Waals surface area contributed by atoms with Gasteiger partial charge >= 0.3 is 0 Å². The summed E-state index contributed by atoms with van der Waals surface area (Å²) in [4.78, 5) is 79.5. The third kappa shape index (κ3) is 61.0. The Labute approximate surface area is 855 Å². The third-order valence-electron chi connectivity index (χ3n) is 26.1. The van der Waals surface area contributed by atoms with Gasteiger partial charge in [-0.15, -0.1) is 0 Å². The van der Waals surface area contributed by atoms with Crippen LogP contribution in [0, 0.1) is 6.92 Å². The summed E-state index contributed by atoms with van der Waals surface area (Å²) in [6.07, 6.45) is 70.8. The highest BCUT2D eigenvalue weighted by molar-refractivity contribution is 9.13. The number of anilines is 1. The summed E-state index contributed by atoms with van der Waals surface area (Å²) in [5, 5.41) is 15.3. The van der Waals surface area contributed by atoms with Crippen LogP contribution in [0.5, 0.6) is 5.75 Å². The van der Waals surface area contributed by atoms with E-state index in [4.69, 9.17) is 47.4 Å². The smallest absolute Gasteiger partial charge is 0.281 e. The number of unbranched alkanes of at least 4 members (excludes halogenated alkanes) is 49. The topological polar surface area (TPSA) is 265 Å². The van der Waals surface area contributed by atoms with E-state index in [2.05, 4.69) is 109 Å². The van der Waals surface area contributed by atoms with Crippen molar-refractivity contribution >= 4 is 61.2 Å². The van der Waals surface area contributed by atoms with Crippen molar-refractivity contribution in [1.82, 2.24) is 30.6 Å². The molecule has 0 saturated heterocycles. The highest BCUT2D eigenvalue weighted by atomic mass is 79.9. The summed E-state index contributed by atoms with van der Waals surface area (Å²) >= 11 is 6.58. The molecule has 4 aromatic carbocycles. The maximum Gasteiger partial charge on any atom is 0.281 e. The zero-order valence-corrected chi connectivity index (χ0v) is 89.6. The van der Waals surface area contributed by atoms with Crippen LogP contribution >= 0.6 is 31.9 Å². The second kappa shape index (κ2) is 86.1. The molecular weight excluding hydrogens is 1880 g/mol. The molecule has 139 heavy (non-hydrogen) atoms. The first-order valence-corrected chi connectivity index (χ1v) is 56.3. The zero-order chi connectivity index (χ0) is 99.3. The number of hydrogen-bond acceptors (Lipinski definition) is 17. The Morgan fingerprint density at radius 3 is 1.01 bits per heavy atom. The van der Waals surface area contributed by atoms with E-state index in [1.165, 1.54) is 305 Å². The Morgan fingerprint density at radius 1 is 0.345 bits per heavy atom. The van der Waals surface area contributed by atoms with Crippen LogP contribution < -0.4 is 42.4 Å². The molecule has 0 spiro atoms. The molecule has 1 heterocycles. The lowest BCUT2D eigenvalue weighted by atomic mass is 9.77. The van der Waals surface area contributed by atoms with Gasteiger partial charge in [-0.05, 0) is 118 Å². The van der Waals surface area contributed by atoms with Gasteiger partial charge in [0.1, 0.15) is 34.0 Å². The van der Waals surface area contributed by atoms with Crippen LogP contribution in [0.3, 0.4) is 0 Å². The van der Waals surface area contributed by atoms with E-state index in [0.717, 1.165) is 47.3 Å². The van der Waals surface area contributed by atoms with Crippen LogP contribution in [-0.2, 0) is 74.4 Å². The number of carbonyl (C=O) groups excluding carboxylic acids is 4. The fraction of sp³-hybridized carbons (Fsp3) is 0.711. The SMILES string of the molecule is [CH2]c1ccc(NC(=O)C(CCCCNC(c2ccccc2)(c2ccccc2)c2ccc(OC)cc2)NC(=O)COCC(=O)NCCOCCOCCOCCOCCOCCOCCOCCOCCNC(=O)CC(CCCCCCCCCCCCCCCCCCCCCCCCCCCCCCCCCCCCCCCCCCCCCCCCCCC)n2c(=O)c(Br)c(Br)c(=O)n2C)cc1. The first kappa shape index (κ1) is 123. The van der Waals surface area contributed by atoms with Gasteiger partial charge in [-0.2, -0.15) is 0 Å². The minimum absolute atomic E-state index is 0.0642. The van der Waals surface area contributed by atoms with E-state index in [0.29, 0.717) is 144 Å². The van der Waals surface area contributed by atoms with E-state index in [9.17, 15) is 28.8 Å². The Bertz CT molecular complexity index is 3860. The number of nitrogens with zero attached hydrogens (tertiary/aromatic N) is 2. The lowest BCUT2D eigenvalue weighted by Gasteiger charge is -2.37. The van der Waals surface area contributed by atoms with E-state index in [1.807, 2.05) is 48.5 Å². The molecule has 2 unspecified atom stereocenters. The Morgan fingerprint density at radius 2 is 0.655 bits per heavy atom. The van der Waals surface area contributed by atoms with Gasteiger partial charge < -0.3 is 68.6 Å². The number of benzene rings is 4. The van der Waals surface area contributed by atoms with Gasteiger partial charge in [-0.3, -0.25) is 34.1 Å². The molecule has 1 radical (unpaired) electrons. The van der Waals surface area contributed by atoms with Crippen LogP contribution in [-0.4, -0.2) is 185 Å². The molecule has 5 aromatic rings. The van der Waals surface area contributed by atoms with Crippen LogP contribution in [0.4, 0.5) is 5.69 Å². The van der Waals surface area contributed by atoms with Crippen LogP contribution in [0.15, 0.2) is 128 Å². The maximum atomic E-state index is 13.7. The Hall–Kier alpha value is -6.20. The predicted octanol–water partition coefficient (Wildman–Crippen LogP) is 25.0. The molecule has 787 valence electrons. The highest BCUT2D eigenvalue weighted by Crippen LogP contribution is 2.38. The monoisotopic (exact) mass is 2070 g/mol. The van der Waals surface area contributed by atoms with Crippen molar-refractivity contribution in [2.45, 2.75) is 371 Å². The van der Waals surface area contributed by atoms with E-state index in [-0.39, 0.29) is 58.1 Å². The van der Waals surface area contributed by atoms with Gasteiger partial charge in [0.25, 0.3) is 11.1 Å². The number of hydrogen-bond donors (Lipinski definition) is 5. The first-order chi connectivity index (χ1) is 68.3. The number of amides is 4. The number of carbonyl (C=O) groups is 4. The molecule has 25 heteroatoms. The van der Waals surface area contributed by atoms with Crippen molar-refractivity contribution in [3.8, 4) is 5.75 Å². The van der Waals surface area contributed by atoms with Crippen LogP contribution in [0.25, 0.3) is 0 Å². The van der Waals surface area contributed by atoms with Crippen molar-refractivity contribution in [3.05, 3.63) is 168 Å². The third-order valence-corrected chi connectivity index (χ3v) is 28.1. The Kier molecular flexibility index (Phi) is 76.4. The molecule has 1 aromatic heterocycles. The minimum atomic E-state index is -0.880. The van der Waals surface area contributed by atoms with E-state index in [1.54, 1.807) is 38.4 Å². The number of nitrogens with one attached hydrogen (secondary N) is 5. The largest absolute Gasteiger partial charge is 0.497 e. The molecule has 4 amide bonds. The van der Waals surface area contributed by atoms with Gasteiger partial charge in [0.15, 0.2) is 0 Å². The van der Waals surface area contributed by atoms with Crippen molar-refractivity contribution in [2.24, 2.45) is 7.05 Å². The molecule has 0 fully saturated rings. The molecule has 0 aliphatic rings. The lowest BCUT2D eigenvalue weighted by molar-refractivity contribution is -0.133. The fourth-order valence-electron chi connectivity index (χ4n) is 18.0. The summed E-state index contributed by atoms with van der Waals surface area (Å²) < 4.78 is 59.0. The molecule has 23 nitrogen and oxygen atoms in total. The summed E-state index contributed by atoms with van der Waals surface area (Å²) in [5.74, 6) is -0.775. The summed E-state index contributed by atoms with van der Waals surface area (Å²) in [6.45, 7) is 12.6. The average molecular weight is 2070 g/mol. The van der Waals surface area contributed by atoms with Gasteiger partial charge in [-0.25, -0.2) is 9.36 Å². The van der Waals surface area contributed by atoms with Gasteiger partial charge in [0.2, 0.25) is 23.6 Å². The van der Waals surface area contributed by atoms with Gasteiger partial charge in [0, 0.05) is 32.2 Å². The highest BCUT2D eigenvalue weighted by Gasteiger charge is 2.36. The fourth-order valence-corrected chi connectivity index (χ4v) is 18.8. The summed E-state index contributed by atoms with van der Waals surface area (Å²) in [6, 6.07) is 34.4. The summed E-state index contributed by atoms with van der Waals surface area (Å²) in [5.41, 5.74) is 3.15. The van der Waals surface area contributed by atoms with E-state index < -0.39 is 36.0 Å². The molecule has 5 rings (SSSR count). The number of methoxy groups -OCH3 is 1. The van der Waals surface area contributed by atoms with Gasteiger partial charge in [-0.1, -0.05) is 406 Å². The normalized spacial score (nSPS) is 12.1. The molecule has 0 bridgehead atoms. The van der Waals surface area contributed by atoms with Crippen molar-refractivity contribution in [2.75, 3.05) is 151 Å². The second-order valence-corrected chi connectivity index (χ2v) is 39.3. The standard InChI is InChI=1S/C114H186Br2N7O16/c1-5-6-7-8-9-10-11-12-13-14-15-16-17-18-19-20-21-22-23-24-25-26-27-28-29-30-31-32-33-34-35-36-37-38-39-40-41-42-43-44-45-46-47-48-49-50-51-52-59-66-103(123-113(129)110(116)109(115)112(128)122(123)3)95-106(124)117-77-79-131-81-83-133-85-87-135-89-91-137-93-94-138-92-90-136-88-86-134-84-82-132-80-78-118-107(125)96-139-97-108(126)121-105(111(127)120-102-72-68-98(2)69-73-102)67-60-61-76-119-114(99-62-55-53-56-63-99,100-64-57-54-58-65-100)101-70-74-104(130-4)75-71-101/h53-58,62-65,68-75,103,105,119H,2,5-52,59-61,66-67,76-97H2,1,3-4H3,(H,117,124)(H,118,125)(H,120,127)(H,121,126). The molecule has 0 saturated carbocycles. The molecule has 0 aliphatic heterocycles. The van der Waals surface area contributed by atoms with E-state index >= 15 is 0 Å². The molecule has 2 atom stereocenters. The van der Waals surface area contributed by atoms with Gasteiger partial charge in [0.05, 0.1) is 124 Å². The second-order valence-electron chi connectivity index (χ2n) is 37.8. The minimum Gasteiger partial charge on any atom is -0.497 e.